The number of halogens is 1. The topological polar surface area (TPSA) is 29.3 Å². The fraction of sp³-hybridized carbons (Fsp3) is 0.250. The van der Waals surface area contributed by atoms with E-state index in [0.717, 1.165) is 35.8 Å². The van der Waals surface area contributed by atoms with Crippen LogP contribution in [0.15, 0.2) is 48.5 Å². The predicted molar refractivity (Wildman–Crippen MR) is 82.3 cm³/mol. The molecule has 0 radical (unpaired) electrons. The van der Waals surface area contributed by atoms with Crippen LogP contribution in [0.1, 0.15) is 11.1 Å². The largest absolute Gasteiger partial charge is 0.399 e. The molecule has 0 aliphatic rings. The van der Waals surface area contributed by atoms with Crippen LogP contribution in [0.2, 0.25) is 5.02 Å². The van der Waals surface area contributed by atoms with E-state index >= 15 is 0 Å². The van der Waals surface area contributed by atoms with Gasteiger partial charge < -0.3 is 10.6 Å². The van der Waals surface area contributed by atoms with Gasteiger partial charge in [0.25, 0.3) is 0 Å². The number of nitrogen functional groups attached to an aromatic ring is 1. The summed E-state index contributed by atoms with van der Waals surface area (Å²) in [4.78, 5) is 2.26. The number of para-hydroxylation sites is 1. The predicted octanol–water partition coefficient (Wildman–Crippen LogP) is 3.60. The van der Waals surface area contributed by atoms with Gasteiger partial charge in [-0.2, -0.15) is 0 Å². The number of hydrogen-bond donors (Lipinski definition) is 1. The van der Waals surface area contributed by atoms with Gasteiger partial charge in [0.1, 0.15) is 0 Å². The summed E-state index contributed by atoms with van der Waals surface area (Å²) in [5.41, 5.74) is 9.18. The van der Waals surface area contributed by atoms with Gasteiger partial charge in [-0.1, -0.05) is 48.0 Å². The van der Waals surface area contributed by atoms with E-state index in [2.05, 4.69) is 24.1 Å². The summed E-state index contributed by atoms with van der Waals surface area (Å²) in [5.74, 6) is 0. The Morgan fingerprint density at radius 2 is 1.63 bits per heavy atom. The third-order valence-corrected chi connectivity index (χ3v) is 3.58. The van der Waals surface area contributed by atoms with Crippen molar-refractivity contribution < 1.29 is 0 Å². The van der Waals surface area contributed by atoms with Gasteiger partial charge in [-0.3, -0.25) is 0 Å². The Morgan fingerprint density at radius 3 is 2.32 bits per heavy atom. The van der Waals surface area contributed by atoms with Crippen LogP contribution < -0.4 is 5.73 Å². The first kappa shape index (κ1) is 13.9. The molecule has 0 atom stereocenters. The second kappa shape index (κ2) is 6.60. The van der Waals surface area contributed by atoms with Crippen molar-refractivity contribution in [3.8, 4) is 0 Å². The van der Waals surface area contributed by atoms with Gasteiger partial charge in [-0.05, 0) is 36.7 Å². The Kier molecular flexibility index (Phi) is 4.83. The van der Waals surface area contributed by atoms with E-state index in [1.54, 1.807) is 0 Å². The molecule has 0 fully saturated rings. The number of hydrogen-bond acceptors (Lipinski definition) is 2. The van der Waals surface area contributed by atoms with Crippen molar-refractivity contribution >= 4 is 17.3 Å². The second-order valence-electron chi connectivity index (χ2n) is 4.78. The average molecular weight is 275 g/mol. The van der Waals surface area contributed by atoms with Gasteiger partial charge in [0.15, 0.2) is 0 Å². The van der Waals surface area contributed by atoms with E-state index in [0.29, 0.717) is 0 Å². The lowest BCUT2D eigenvalue weighted by Crippen LogP contribution is -2.21. The SMILES string of the molecule is CN(CCc1ccccc1N)Cc1ccccc1Cl. The van der Waals surface area contributed by atoms with E-state index in [4.69, 9.17) is 17.3 Å². The molecule has 2 aromatic rings. The van der Waals surface area contributed by atoms with E-state index in [1.165, 1.54) is 5.56 Å². The summed E-state index contributed by atoms with van der Waals surface area (Å²) < 4.78 is 0. The number of likely N-dealkylation sites (N-methyl/N-ethyl adjacent to an activating group) is 1. The summed E-state index contributed by atoms with van der Waals surface area (Å²) >= 11 is 6.16. The average Bonchev–Trinajstić information content (AvgIpc) is 2.40. The van der Waals surface area contributed by atoms with Gasteiger partial charge in [-0.15, -0.1) is 0 Å². The Morgan fingerprint density at radius 1 is 1.00 bits per heavy atom. The Labute approximate surface area is 119 Å². The quantitative estimate of drug-likeness (QED) is 0.844. The van der Waals surface area contributed by atoms with Crippen molar-refractivity contribution in [3.63, 3.8) is 0 Å². The molecule has 3 heteroatoms. The number of rotatable bonds is 5. The van der Waals surface area contributed by atoms with Crippen LogP contribution in [0.25, 0.3) is 0 Å². The van der Waals surface area contributed by atoms with E-state index < -0.39 is 0 Å². The van der Waals surface area contributed by atoms with Crippen molar-refractivity contribution in [1.29, 1.82) is 0 Å². The minimum absolute atomic E-state index is 0.827. The first-order chi connectivity index (χ1) is 9.16. The monoisotopic (exact) mass is 274 g/mol. The first-order valence-corrected chi connectivity index (χ1v) is 6.80. The van der Waals surface area contributed by atoms with Gasteiger partial charge in [0.2, 0.25) is 0 Å². The third-order valence-electron chi connectivity index (χ3n) is 3.22. The molecule has 0 saturated carbocycles. The van der Waals surface area contributed by atoms with Crippen LogP contribution in [-0.4, -0.2) is 18.5 Å². The molecule has 2 rings (SSSR count). The summed E-state index contributed by atoms with van der Waals surface area (Å²) in [6.45, 7) is 1.81. The molecule has 0 bridgehead atoms. The third kappa shape index (κ3) is 3.98. The highest BCUT2D eigenvalue weighted by Crippen LogP contribution is 2.17. The summed E-state index contributed by atoms with van der Waals surface area (Å²) in [7, 11) is 2.10. The zero-order chi connectivity index (χ0) is 13.7. The molecule has 0 saturated heterocycles. The van der Waals surface area contributed by atoms with Gasteiger partial charge in [-0.25, -0.2) is 0 Å². The molecule has 0 aliphatic carbocycles. The zero-order valence-electron chi connectivity index (χ0n) is 11.1. The highest BCUT2D eigenvalue weighted by molar-refractivity contribution is 6.31. The second-order valence-corrected chi connectivity index (χ2v) is 5.19. The lowest BCUT2D eigenvalue weighted by molar-refractivity contribution is 0.331. The van der Waals surface area contributed by atoms with Gasteiger partial charge >= 0.3 is 0 Å². The maximum atomic E-state index is 6.16. The van der Waals surface area contributed by atoms with Gasteiger partial charge in [0, 0.05) is 23.8 Å². The fourth-order valence-electron chi connectivity index (χ4n) is 2.07. The van der Waals surface area contributed by atoms with E-state index in [1.807, 2.05) is 36.4 Å². The lowest BCUT2D eigenvalue weighted by Gasteiger charge is -2.18. The smallest absolute Gasteiger partial charge is 0.0451 e. The van der Waals surface area contributed by atoms with Crippen molar-refractivity contribution in [1.82, 2.24) is 4.90 Å². The molecule has 0 aromatic heterocycles. The maximum Gasteiger partial charge on any atom is 0.0451 e. The van der Waals surface area contributed by atoms with Crippen LogP contribution in [0.3, 0.4) is 0 Å². The molecular formula is C16H19ClN2. The molecular weight excluding hydrogens is 256 g/mol. The molecule has 2 nitrogen and oxygen atoms in total. The normalized spacial score (nSPS) is 10.9. The molecule has 0 amide bonds. The Hall–Kier alpha value is -1.51. The minimum atomic E-state index is 0.827. The summed E-state index contributed by atoms with van der Waals surface area (Å²) in [6.07, 6.45) is 0.952. The van der Waals surface area contributed by atoms with Crippen molar-refractivity contribution in [2.75, 3.05) is 19.3 Å². The standard InChI is InChI=1S/C16H19ClN2/c1-19(12-14-7-2-4-8-15(14)17)11-10-13-6-3-5-9-16(13)18/h2-9H,10-12,18H2,1H3. The van der Waals surface area contributed by atoms with Crippen LogP contribution in [0.5, 0.6) is 0 Å². The molecule has 2 N–H and O–H groups in total. The Balaban J connectivity index is 1.90. The molecule has 0 spiro atoms. The van der Waals surface area contributed by atoms with Gasteiger partial charge in [0.05, 0.1) is 0 Å². The number of nitrogens with zero attached hydrogens (tertiary/aromatic N) is 1. The van der Waals surface area contributed by atoms with Crippen molar-refractivity contribution in [2.45, 2.75) is 13.0 Å². The lowest BCUT2D eigenvalue weighted by atomic mass is 10.1. The molecule has 100 valence electrons. The maximum absolute atomic E-state index is 6.16. The fourth-order valence-corrected chi connectivity index (χ4v) is 2.27. The highest BCUT2D eigenvalue weighted by atomic mass is 35.5. The molecule has 0 aliphatic heterocycles. The molecule has 19 heavy (non-hydrogen) atoms. The van der Waals surface area contributed by atoms with Crippen molar-refractivity contribution in [3.05, 3.63) is 64.7 Å². The number of anilines is 1. The number of benzene rings is 2. The Bertz CT molecular complexity index is 540. The van der Waals surface area contributed by atoms with E-state index in [-0.39, 0.29) is 0 Å². The minimum Gasteiger partial charge on any atom is -0.399 e. The van der Waals surface area contributed by atoms with Crippen LogP contribution in [-0.2, 0) is 13.0 Å². The zero-order valence-corrected chi connectivity index (χ0v) is 11.9. The number of nitrogens with two attached hydrogens (primary N) is 1. The van der Waals surface area contributed by atoms with E-state index in [9.17, 15) is 0 Å². The summed E-state index contributed by atoms with van der Waals surface area (Å²) in [5, 5.41) is 0.827. The highest BCUT2D eigenvalue weighted by Gasteiger charge is 2.05. The van der Waals surface area contributed by atoms with Crippen LogP contribution in [0.4, 0.5) is 5.69 Å². The van der Waals surface area contributed by atoms with Crippen LogP contribution >= 0.6 is 11.6 Å². The first-order valence-electron chi connectivity index (χ1n) is 6.42. The molecule has 0 unspecified atom stereocenters. The summed E-state index contributed by atoms with van der Waals surface area (Å²) in [6, 6.07) is 16.0. The molecule has 0 heterocycles. The van der Waals surface area contributed by atoms with Crippen LogP contribution in [0, 0.1) is 0 Å². The van der Waals surface area contributed by atoms with Crippen molar-refractivity contribution in [2.24, 2.45) is 0 Å². The molecule has 2 aromatic carbocycles.